The second-order valence-corrected chi connectivity index (χ2v) is 8.67. The number of aryl methyl sites for hydroxylation is 1. The van der Waals surface area contributed by atoms with Crippen LogP contribution in [0.3, 0.4) is 0 Å². The fourth-order valence-corrected chi connectivity index (χ4v) is 5.72. The smallest absolute Gasteiger partial charge is 0.360 e. The third-order valence-electron chi connectivity index (χ3n) is 6.48. The van der Waals surface area contributed by atoms with Crippen molar-refractivity contribution >= 4 is 23.3 Å². The first-order chi connectivity index (χ1) is 13.5. The topological polar surface area (TPSA) is 64.7 Å². The van der Waals surface area contributed by atoms with Crippen molar-refractivity contribution in [3.63, 3.8) is 0 Å². The van der Waals surface area contributed by atoms with Gasteiger partial charge < -0.3 is 9.36 Å². The minimum atomic E-state index is -0.700. The van der Waals surface area contributed by atoms with Crippen LogP contribution in [0.15, 0.2) is 27.9 Å². The lowest BCUT2D eigenvalue weighted by Gasteiger charge is -2.49. The molecule has 0 unspecified atom stereocenters. The molecule has 5 nitrogen and oxygen atoms in total. The summed E-state index contributed by atoms with van der Waals surface area (Å²) in [6, 6.07) is 4.29. The minimum Gasteiger partial charge on any atom is -0.360 e. The van der Waals surface area contributed by atoms with E-state index >= 15 is 0 Å². The lowest BCUT2D eigenvalue weighted by atomic mass is 9.55. The van der Waals surface area contributed by atoms with E-state index in [1.54, 1.807) is 6.92 Å². The molecule has 7 heteroatoms. The van der Waals surface area contributed by atoms with Crippen LogP contribution in [0.25, 0.3) is 11.3 Å². The first-order valence-electron chi connectivity index (χ1n) is 9.71. The first kappa shape index (κ1) is 17.9. The van der Waals surface area contributed by atoms with E-state index in [0.29, 0.717) is 11.8 Å². The Balaban J connectivity index is 1.43. The molecule has 6 rings (SSSR count). The van der Waals surface area contributed by atoms with Gasteiger partial charge in [-0.3, -0.25) is 0 Å². The normalized spacial score (nSPS) is 27.9. The Hall–Kier alpha value is -2.21. The van der Waals surface area contributed by atoms with E-state index in [1.165, 1.54) is 24.6 Å². The van der Waals surface area contributed by atoms with E-state index in [9.17, 15) is 9.18 Å². The van der Waals surface area contributed by atoms with Crippen molar-refractivity contribution in [1.82, 2.24) is 5.16 Å². The van der Waals surface area contributed by atoms with E-state index in [4.69, 9.17) is 21.0 Å². The number of carbonyl (C=O) groups excluding carboxylic acids is 1. The van der Waals surface area contributed by atoms with Crippen LogP contribution in [0, 0.1) is 36.4 Å². The molecule has 4 bridgehead atoms. The van der Waals surface area contributed by atoms with Crippen LogP contribution in [-0.2, 0) is 4.84 Å². The van der Waals surface area contributed by atoms with E-state index < -0.39 is 11.8 Å². The van der Waals surface area contributed by atoms with Gasteiger partial charge in [-0.05, 0) is 63.0 Å². The molecule has 4 fully saturated rings. The lowest BCUT2D eigenvalue weighted by Crippen LogP contribution is -2.45. The maximum absolute atomic E-state index is 14.3. The summed E-state index contributed by atoms with van der Waals surface area (Å²) >= 11 is 6.13. The van der Waals surface area contributed by atoms with Crippen LogP contribution in [0.2, 0.25) is 5.02 Å². The van der Waals surface area contributed by atoms with E-state index in [-0.39, 0.29) is 27.6 Å². The van der Waals surface area contributed by atoms with Crippen LogP contribution in [-0.4, -0.2) is 16.8 Å². The van der Waals surface area contributed by atoms with Crippen LogP contribution in [0.4, 0.5) is 4.39 Å². The second kappa shape index (κ2) is 6.69. The van der Waals surface area contributed by atoms with Crippen molar-refractivity contribution in [3.8, 4) is 11.3 Å². The monoisotopic (exact) mass is 402 g/mol. The van der Waals surface area contributed by atoms with Gasteiger partial charge in [-0.15, -0.1) is 0 Å². The summed E-state index contributed by atoms with van der Waals surface area (Å²) in [6.07, 6.45) is 5.92. The summed E-state index contributed by atoms with van der Waals surface area (Å²) in [7, 11) is 0. The highest BCUT2D eigenvalue weighted by atomic mass is 35.5. The largest absolute Gasteiger partial charge is 0.371 e. The molecule has 1 heterocycles. The highest BCUT2D eigenvalue weighted by Gasteiger charge is 2.46. The van der Waals surface area contributed by atoms with E-state index in [1.807, 2.05) is 0 Å². The first-order valence-corrected chi connectivity index (χ1v) is 10.1. The van der Waals surface area contributed by atoms with Crippen molar-refractivity contribution < 1.29 is 18.5 Å². The molecular weight excluding hydrogens is 383 g/mol. The number of carbonyl (C=O) groups is 1. The molecule has 0 N–H and O–H groups in total. The van der Waals surface area contributed by atoms with Crippen molar-refractivity contribution in [2.45, 2.75) is 39.0 Å². The number of oxime groups is 1. The van der Waals surface area contributed by atoms with Gasteiger partial charge in [0.1, 0.15) is 22.8 Å². The zero-order chi connectivity index (χ0) is 19.4. The summed E-state index contributed by atoms with van der Waals surface area (Å²) < 4.78 is 19.5. The molecule has 146 valence electrons. The zero-order valence-electron chi connectivity index (χ0n) is 15.5. The number of nitrogens with zero attached hydrogens (tertiary/aromatic N) is 2. The summed E-state index contributed by atoms with van der Waals surface area (Å²) in [5, 5.41) is 8.27. The van der Waals surface area contributed by atoms with Crippen LogP contribution in [0.1, 0.15) is 48.2 Å². The average Bonchev–Trinajstić information content (AvgIpc) is 3.01. The van der Waals surface area contributed by atoms with Gasteiger partial charge in [-0.1, -0.05) is 28.0 Å². The predicted molar refractivity (Wildman–Crippen MR) is 102 cm³/mol. The third kappa shape index (κ3) is 2.85. The summed E-state index contributed by atoms with van der Waals surface area (Å²) in [6.45, 7) is 1.58. The number of halogens is 2. The van der Waals surface area contributed by atoms with Gasteiger partial charge in [0.2, 0.25) is 0 Å². The molecule has 0 aliphatic heterocycles. The Morgan fingerprint density at radius 1 is 1.21 bits per heavy atom. The highest BCUT2D eigenvalue weighted by molar-refractivity contribution is 6.33. The van der Waals surface area contributed by atoms with Gasteiger partial charge in [0.05, 0.1) is 16.3 Å². The van der Waals surface area contributed by atoms with Crippen LogP contribution < -0.4 is 0 Å². The summed E-state index contributed by atoms with van der Waals surface area (Å²) in [5.41, 5.74) is 1.13. The number of aromatic nitrogens is 1. The summed E-state index contributed by atoms with van der Waals surface area (Å²) in [5.74, 6) is 1.40. The molecule has 0 spiro atoms. The summed E-state index contributed by atoms with van der Waals surface area (Å²) in [4.78, 5) is 18.1. The maximum atomic E-state index is 14.3. The van der Waals surface area contributed by atoms with E-state index in [0.717, 1.165) is 43.2 Å². The molecule has 4 aliphatic rings. The van der Waals surface area contributed by atoms with Crippen LogP contribution in [0.5, 0.6) is 0 Å². The molecule has 2 aromatic rings. The Kier molecular flexibility index (Phi) is 4.27. The molecule has 0 saturated heterocycles. The minimum absolute atomic E-state index is 0.0234. The van der Waals surface area contributed by atoms with Gasteiger partial charge in [0, 0.05) is 11.8 Å². The fraction of sp³-hybridized carbons (Fsp3) is 0.476. The molecule has 0 amide bonds. The molecule has 4 aliphatic carbocycles. The van der Waals surface area contributed by atoms with Gasteiger partial charge in [0.15, 0.2) is 0 Å². The Bertz CT molecular complexity index is 934. The molecule has 4 saturated carbocycles. The molecule has 1 aromatic heterocycles. The van der Waals surface area contributed by atoms with Gasteiger partial charge in [-0.25, -0.2) is 9.18 Å². The molecular formula is C21H20ClFN2O3. The Morgan fingerprint density at radius 3 is 2.54 bits per heavy atom. The Labute approximate surface area is 166 Å². The molecule has 0 atom stereocenters. The van der Waals surface area contributed by atoms with Crippen molar-refractivity contribution in [1.29, 1.82) is 0 Å². The number of hydrogen-bond acceptors (Lipinski definition) is 5. The average molecular weight is 403 g/mol. The predicted octanol–water partition coefficient (Wildman–Crippen LogP) is 5.41. The third-order valence-corrected chi connectivity index (χ3v) is 6.79. The highest BCUT2D eigenvalue weighted by Crippen LogP contribution is 2.52. The maximum Gasteiger partial charge on any atom is 0.371 e. The zero-order valence-corrected chi connectivity index (χ0v) is 16.2. The molecule has 1 aromatic carbocycles. The van der Waals surface area contributed by atoms with Gasteiger partial charge in [0.25, 0.3) is 0 Å². The molecule has 0 radical (unpaired) electrons. The van der Waals surface area contributed by atoms with Gasteiger partial charge in [-0.2, -0.15) is 0 Å². The van der Waals surface area contributed by atoms with Gasteiger partial charge >= 0.3 is 5.97 Å². The number of hydrogen-bond donors (Lipinski definition) is 0. The van der Waals surface area contributed by atoms with Crippen molar-refractivity contribution in [3.05, 3.63) is 40.4 Å². The second-order valence-electron chi connectivity index (χ2n) is 8.26. The Morgan fingerprint density at radius 2 is 1.89 bits per heavy atom. The quantitative estimate of drug-likeness (QED) is 0.508. The SMILES string of the molecule is Cc1onc(-c2c(F)cccc2Cl)c1C(=O)ON=C1C2CC3CC(C2)CC1C3. The molecule has 28 heavy (non-hydrogen) atoms. The van der Waals surface area contributed by atoms with Crippen molar-refractivity contribution in [2.24, 2.45) is 28.8 Å². The standard InChI is InChI=1S/C21H20ClFN2O3/c1-10-17(20(25-27-10)18-15(22)3-2-4-16(18)23)21(26)28-24-19-13-6-11-5-12(8-13)9-14(19)7-11/h2-4,11-14H,5-9H2,1H3. The fourth-order valence-electron chi connectivity index (χ4n) is 5.46. The lowest BCUT2D eigenvalue weighted by molar-refractivity contribution is 0.0482. The number of rotatable bonds is 3. The van der Waals surface area contributed by atoms with E-state index in [2.05, 4.69) is 10.3 Å². The van der Waals surface area contributed by atoms with Crippen LogP contribution >= 0.6 is 11.6 Å². The van der Waals surface area contributed by atoms with Crippen molar-refractivity contribution in [2.75, 3.05) is 0 Å². The number of benzene rings is 1.